The first kappa shape index (κ1) is 15.9. The zero-order valence-electron chi connectivity index (χ0n) is 13.0. The van der Waals surface area contributed by atoms with Crippen molar-refractivity contribution >= 4 is 5.91 Å². The Hall–Kier alpha value is -1.43. The molecule has 1 fully saturated rings. The van der Waals surface area contributed by atoms with Crippen LogP contribution in [-0.2, 0) is 17.6 Å². The normalized spacial score (nSPS) is 17.5. The number of hydrogen-bond donors (Lipinski definition) is 2. The van der Waals surface area contributed by atoms with Gasteiger partial charge in [0.15, 0.2) is 5.82 Å². The van der Waals surface area contributed by atoms with Gasteiger partial charge in [-0.05, 0) is 38.5 Å². The van der Waals surface area contributed by atoms with Gasteiger partial charge in [-0.3, -0.25) is 4.79 Å². The lowest BCUT2D eigenvalue weighted by Crippen LogP contribution is -2.53. The molecule has 6 nitrogen and oxygen atoms in total. The first-order valence-corrected chi connectivity index (χ1v) is 7.90. The highest BCUT2D eigenvalue weighted by Crippen LogP contribution is 2.38. The third kappa shape index (κ3) is 4.52. The van der Waals surface area contributed by atoms with Crippen LogP contribution < -0.4 is 11.1 Å². The van der Waals surface area contributed by atoms with E-state index in [1.807, 2.05) is 6.92 Å². The van der Waals surface area contributed by atoms with Crippen LogP contribution in [0.2, 0.25) is 0 Å². The predicted molar refractivity (Wildman–Crippen MR) is 79.6 cm³/mol. The summed E-state index contributed by atoms with van der Waals surface area (Å²) in [5.41, 5.74) is 5.56. The molecule has 0 aliphatic heterocycles. The highest BCUT2D eigenvalue weighted by Gasteiger charge is 2.41. The highest BCUT2D eigenvalue weighted by molar-refractivity contribution is 5.76. The van der Waals surface area contributed by atoms with E-state index in [1.54, 1.807) is 0 Å². The SMILES string of the molecule is CCCc1noc(CCCC(=O)NC(C)(CN)C2CC2)n1. The van der Waals surface area contributed by atoms with Crippen molar-refractivity contribution in [1.82, 2.24) is 15.5 Å². The molecule has 118 valence electrons. The van der Waals surface area contributed by atoms with Gasteiger partial charge in [0.25, 0.3) is 0 Å². The molecule has 0 aromatic carbocycles. The third-order valence-corrected chi connectivity index (χ3v) is 4.11. The standard InChI is InChI=1S/C15H26N4O2/c1-3-5-12-17-14(21-19-12)7-4-6-13(20)18-15(2,10-16)11-8-9-11/h11H,3-10,16H2,1-2H3,(H,18,20). The van der Waals surface area contributed by atoms with Gasteiger partial charge in [0, 0.05) is 25.8 Å². The van der Waals surface area contributed by atoms with Gasteiger partial charge in [0.2, 0.25) is 11.8 Å². The van der Waals surface area contributed by atoms with Gasteiger partial charge in [-0.1, -0.05) is 12.1 Å². The Morgan fingerprint density at radius 3 is 2.86 bits per heavy atom. The summed E-state index contributed by atoms with van der Waals surface area (Å²) in [4.78, 5) is 16.3. The van der Waals surface area contributed by atoms with Gasteiger partial charge in [-0.15, -0.1) is 0 Å². The summed E-state index contributed by atoms with van der Waals surface area (Å²) in [6.07, 6.45) is 5.98. The summed E-state index contributed by atoms with van der Waals surface area (Å²) in [5, 5.41) is 6.99. The number of carbonyl (C=O) groups excluding carboxylic acids is 1. The zero-order chi connectivity index (χ0) is 15.3. The minimum Gasteiger partial charge on any atom is -0.349 e. The van der Waals surface area contributed by atoms with E-state index in [0.29, 0.717) is 37.6 Å². The monoisotopic (exact) mass is 294 g/mol. The fourth-order valence-electron chi connectivity index (χ4n) is 2.54. The molecule has 2 rings (SSSR count). The summed E-state index contributed by atoms with van der Waals surface area (Å²) in [6.45, 7) is 4.61. The Balaban J connectivity index is 1.71. The maximum absolute atomic E-state index is 12.0. The van der Waals surface area contributed by atoms with E-state index in [4.69, 9.17) is 10.3 Å². The minimum absolute atomic E-state index is 0.0585. The molecule has 1 atom stereocenters. The van der Waals surface area contributed by atoms with Crippen molar-refractivity contribution in [3.05, 3.63) is 11.7 Å². The van der Waals surface area contributed by atoms with Gasteiger partial charge in [0.1, 0.15) is 0 Å². The van der Waals surface area contributed by atoms with Gasteiger partial charge in [0.05, 0.1) is 5.54 Å². The predicted octanol–water partition coefficient (Wildman–Crippen LogP) is 1.59. The van der Waals surface area contributed by atoms with E-state index in [1.165, 1.54) is 0 Å². The lowest BCUT2D eigenvalue weighted by atomic mass is 9.95. The molecule has 6 heteroatoms. The van der Waals surface area contributed by atoms with Crippen LogP contribution in [0.25, 0.3) is 0 Å². The van der Waals surface area contributed by atoms with Crippen LogP contribution in [0.4, 0.5) is 0 Å². The first-order chi connectivity index (χ1) is 10.1. The van der Waals surface area contributed by atoms with Gasteiger partial charge in [-0.2, -0.15) is 4.98 Å². The number of aromatic nitrogens is 2. The fraction of sp³-hybridized carbons (Fsp3) is 0.800. The number of amides is 1. The first-order valence-electron chi connectivity index (χ1n) is 7.90. The van der Waals surface area contributed by atoms with Crippen LogP contribution in [0, 0.1) is 5.92 Å². The van der Waals surface area contributed by atoms with E-state index < -0.39 is 0 Å². The number of aryl methyl sites for hydroxylation is 2. The van der Waals surface area contributed by atoms with E-state index >= 15 is 0 Å². The minimum atomic E-state index is -0.240. The average molecular weight is 294 g/mol. The van der Waals surface area contributed by atoms with Crippen molar-refractivity contribution in [3.63, 3.8) is 0 Å². The molecular formula is C15H26N4O2. The maximum atomic E-state index is 12.0. The molecule has 1 unspecified atom stereocenters. The molecule has 1 saturated carbocycles. The quantitative estimate of drug-likeness (QED) is 0.721. The van der Waals surface area contributed by atoms with Crippen LogP contribution in [0.3, 0.4) is 0 Å². The van der Waals surface area contributed by atoms with Crippen molar-refractivity contribution < 1.29 is 9.32 Å². The van der Waals surface area contributed by atoms with E-state index in [2.05, 4.69) is 22.4 Å². The maximum Gasteiger partial charge on any atom is 0.226 e. The number of nitrogens with two attached hydrogens (primary N) is 1. The van der Waals surface area contributed by atoms with Crippen molar-refractivity contribution in [2.75, 3.05) is 6.54 Å². The topological polar surface area (TPSA) is 94.0 Å². The number of rotatable bonds is 9. The molecular weight excluding hydrogens is 268 g/mol. The molecule has 1 amide bonds. The van der Waals surface area contributed by atoms with E-state index in [9.17, 15) is 4.79 Å². The summed E-state index contributed by atoms with van der Waals surface area (Å²) >= 11 is 0. The molecule has 0 bridgehead atoms. The van der Waals surface area contributed by atoms with Gasteiger partial charge in [-0.25, -0.2) is 0 Å². The summed E-state index contributed by atoms with van der Waals surface area (Å²) in [6, 6.07) is 0. The smallest absolute Gasteiger partial charge is 0.226 e. The lowest BCUT2D eigenvalue weighted by molar-refractivity contribution is -0.123. The highest BCUT2D eigenvalue weighted by atomic mass is 16.5. The summed E-state index contributed by atoms with van der Waals surface area (Å²) in [7, 11) is 0. The molecule has 1 heterocycles. The third-order valence-electron chi connectivity index (χ3n) is 4.11. The Morgan fingerprint density at radius 1 is 1.48 bits per heavy atom. The molecule has 0 radical (unpaired) electrons. The molecule has 0 spiro atoms. The Labute approximate surface area is 125 Å². The number of nitrogens with zero attached hydrogens (tertiary/aromatic N) is 2. The zero-order valence-corrected chi connectivity index (χ0v) is 13.0. The average Bonchev–Trinajstić information content (AvgIpc) is 3.22. The molecule has 3 N–H and O–H groups in total. The molecule has 0 saturated heterocycles. The molecule has 1 aliphatic rings. The van der Waals surface area contributed by atoms with Crippen molar-refractivity contribution in [2.45, 2.75) is 64.3 Å². The van der Waals surface area contributed by atoms with Crippen LogP contribution >= 0.6 is 0 Å². The van der Waals surface area contributed by atoms with Crippen LogP contribution in [0.15, 0.2) is 4.52 Å². The number of nitrogens with one attached hydrogen (secondary N) is 1. The Kier molecular flexibility index (Phi) is 5.33. The van der Waals surface area contributed by atoms with Gasteiger partial charge >= 0.3 is 0 Å². The second-order valence-electron chi connectivity index (χ2n) is 6.15. The second kappa shape index (κ2) is 7.02. The van der Waals surface area contributed by atoms with E-state index in [-0.39, 0.29) is 11.4 Å². The van der Waals surface area contributed by atoms with Crippen LogP contribution in [0.1, 0.15) is 57.7 Å². The van der Waals surface area contributed by atoms with Gasteiger partial charge < -0.3 is 15.6 Å². The van der Waals surface area contributed by atoms with Crippen molar-refractivity contribution in [3.8, 4) is 0 Å². The molecule has 1 aromatic heterocycles. The largest absolute Gasteiger partial charge is 0.349 e. The lowest BCUT2D eigenvalue weighted by Gasteiger charge is -2.29. The van der Waals surface area contributed by atoms with Crippen LogP contribution in [-0.4, -0.2) is 28.1 Å². The van der Waals surface area contributed by atoms with Crippen molar-refractivity contribution in [2.24, 2.45) is 11.7 Å². The molecule has 21 heavy (non-hydrogen) atoms. The Bertz CT molecular complexity index is 470. The summed E-state index contributed by atoms with van der Waals surface area (Å²) < 4.78 is 5.16. The Morgan fingerprint density at radius 2 is 2.24 bits per heavy atom. The molecule has 1 aliphatic carbocycles. The van der Waals surface area contributed by atoms with Crippen LogP contribution in [0.5, 0.6) is 0 Å². The molecule has 1 aromatic rings. The number of hydrogen-bond acceptors (Lipinski definition) is 5. The fourth-order valence-corrected chi connectivity index (χ4v) is 2.54. The second-order valence-corrected chi connectivity index (χ2v) is 6.15. The number of carbonyl (C=O) groups is 1. The van der Waals surface area contributed by atoms with E-state index in [0.717, 1.165) is 31.5 Å². The van der Waals surface area contributed by atoms with Crippen molar-refractivity contribution in [1.29, 1.82) is 0 Å². The summed E-state index contributed by atoms with van der Waals surface area (Å²) in [5.74, 6) is 1.97.